The number of benzene rings is 1. The Bertz CT molecular complexity index is 434. The second kappa shape index (κ2) is 5.93. The molecule has 0 spiro atoms. The zero-order valence-electron chi connectivity index (χ0n) is 10.9. The van der Waals surface area contributed by atoms with E-state index in [1.807, 2.05) is 0 Å². The lowest BCUT2D eigenvalue weighted by molar-refractivity contribution is 0.105. The van der Waals surface area contributed by atoms with E-state index >= 15 is 0 Å². The van der Waals surface area contributed by atoms with Gasteiger partial charge >= 0.3 is 0 Å². The van der Waals surface area contributed by atoms with Gasteiger partial charge in [0.25, 0.3) is 0 Å². The van der Waals surface area contributed by atoms with Crippen LogP contribution in [0.1, 0.15) is 29.3 Å². The first kappa shape index (κ1) is 14.4. The molecule has 100 valence electrons. The zero-order chi connectivity index (χ0) is 13.3. The minimum absolute atomic E-state index is 0.266. The van der Waals surface area contributed by atoms with Gasteiger partial charge in [0.05, 0.1) is 13.2 Å². The highest BCUT2D eigenvalue weighted by Crippen LogP contribution is 2.44. The van der Waals surface area contributed by atoms with Gasteiger partial charge in [-0.1, -0.05) is 31.9 Å². The Labute approximate surface area is 125 Å². The van der Waals surface area contributed by atoms with Crippen LogP contribution < -0.4 is 4.74 Å². The van der Waals surface area contributed by atoms with E-state index in [0.29, 0.717) is 12.0 Å². The van der Waals surface area contributed by atoms with Gasteiger partial charge in [0, 0.05) is 27.4 Å². The molecule has 0 aliphatic carbocycles. The minimum atomic E-state index is 0.266. The second-order valence-electron chi connectivity index (χ2n) is 4.77. The van der Waals surface area contributed by atoms with Crippen LogP contribution in [0.15, 0.2) is 16.6 Å². The maximum atomic E-state index is 5.65. The SMILES string of the molecule is COc1cc(C)c(Br)cc1C(Br)C1CCOC1C. The molecule has 0 radical (unpaired) electrons. The maximum absolute atomic E-state index is 5.65. The van der Waals surface area contributed by atoms with Crippen molar-refractivity contribution >= 4 is 31.9 Å². The van der Waals surface area contributed by atoms with Gasteiger partial charge in [0.1, 0.15) is 5.75 Å². The van der Waals surface area contributed by atoms with E-state index in [9.17, 15) is 0 Å². The lowest BCUT2D eigenvalue weighted by atomic mass is 9.93. The highest BCUT2D eigenvalue weighted by Gasteiger charge is 2.32. The Morgan fingerprint density at radius 3 is 2.72 bits per heavy atom. The standard InChI is InChI=1S/C14H18Br2O2/c1-8-6-13(17-3)11(7-12(8)15)14(16)10-4-5-18-9(10)2/h6-7,9-10,14H,4-5H2,1-3H3. The summed E-state index contributed by atoms with van der Waals surface area (Å²) in [4.78, 5) is 0.266. The Hall–Kier alpha value is -0.0600. The molecule has 3 atom stereocenters. The van der Waals surface area contributed by atoms with Gasteiger partial charge in [-0.05, 0) is 38.0 Å². The van der Waals surface area contributed by atoms with Gasteiger partial charge < -0.3 is 9.47 Å². The van der Waals surface area contributed by atoms with Crippen LogP contribution in [0.2, 0.25) is 0 Å². The lowest BCUT2D eigenvalue weighted by Gasteiger charge is -2.23. The van der Waals surface area contributed by atoms with E-state index in [0.717, 1.165) is 23.2 Å². The molecule has 0 saturated carbocycles. The molecule has 0 bridgehead atoms. The molecular formula is C14H18Br2O2. The number of aryl methyl sites for hydroxylation is 1. The summed E-state index contributed by atoms with van der Waals surface area (Å²) in [5.74, 6) is 1.44. The number of methoxy groups -OCH3 is 1. The first-order chi connectivity index (χ1) is 8.54. The van der Waals surface area contributed by atoms with Gasteiger partial charge in [0.2, 0.25) is 0 Å². The predicted octanol–water partition coefficient (Wildman–Crippen LogP) is 4.63. The third-order valence-corrected chi connectivity index (χ3v) is 5.65. The third kappa shape index (κ3) is 2.75. The summed E-state index contributed by atoms with van der Waals surface area (Å²) in [7, 11) is 1.72. The van der Waals surface area contributed by atoms with Crippen LogP contribution in [0.3, 0.4) is 0 Å². The van der Waals surface area contributed by atoms with Crippen LogP contribution in [0.4, 0.5) is 0 Å². The number of hydrogen-bond acceptors (Lipinski definition) is 2. The fourth-order valence-corrected chi connectivity index (χ4v) is 3.84. The smallest absolute Gasteiger partial charge is 0.123 e. The molecule has 3 unspecified atom stereocenters. The summed E-state index contributed by atoms with van der Waals surface area (Å²) in [5, 5.41) is 0. The Morgan fingerprint density at radius 1 is 1.44 bits per heavy atom. The normalized spacial score (nSPS) is 25.2. The van der Waals surface area contributed by atoms with E-state index in [1.165, 1.54) is 11.1 Å². The first-order valence-electron chi connectivity index (χ1n) is 6.14. The van der Waals surface area contributed by atoms with Crippen molar-refractivity contribution in [2.24, 2.45) is 5.92 Å². The summed E-state index contributed by atoms with van der Waals surface area (Å²) in [6.45, 7) is 5.06. The zero-order valence-corrected chi connectivity index (χ0v) is 14.0. The number of alkyl halides is 1. The molecule has 1 aromatic carbocycles. The molecule has 4 heteroatoms. The van der Waals surface area contributed by atoms with Crippen LogP contribution in [0.5, 0.6) is 5.75 Å². The van der Waals surface area contributed by atoms with Crippen LogP contribution in [0.25, 0.3) is 0 Å². The highest BCUT2D eigenvalue weighted by atomic mass is 79.9. The average Bonchev–Trinajstić information content (AvgIpc) is 2.77. The van der Waals surface area contributed by atoms with Crippen LogP contribution >= 0.6 is 31.9 Å². The molecule has 2 nitrogen and oxygen atoms in total. The van der Waals surface area contributed by atoms with Crippen molar-refractivity contribution in [2.45, 2.75) is 31.2 Å². The van der Waals surface area contributed by atoms with Crippen molar-refractivity contribution in [1.82, 2.24) is 0 Å². The summed E-state index contributed by atoms with van der Waals surface area (Å²) in [5.41, 5.74) is 2.38. The second-order valence-corrected chi connectivity index (χ2v) is 6.61. The molecule has 1 aromatic rings. The number of hydrogen-bond donors (Lipinski definition) is 0. The van der Waals surface area contributed by atoms with E-state index < -0.39 is 0 Å². The van der Waals surface area contributed by atoms with Gasteiger partial charge in [-0.3, -0.25) is 0 Å². The highest BCUT2D eigenvalue weighted by molar-refractivity contribution is 9.10. The van der Waals surface area contributed by atoms with Gasteiger partial charge in [-0.2, -0.15) is 0 Å². The molecule has 18 heavy (non-hydrogen) atoms. The Kier molecular flexibility index (Phi) is 4.73. The summed E-state index contributed by atoms with van der Waals surface area (Å²) in [6.07, 6.45) is 1.38. The molecule has 1 fully saturated rings. The molecule has 0 aromatic heterocycles. The summed E-state index contributed by atoms with van der Waals surface area (Å²) in [6, 6.07) is 4.23. The van der Waals surface area contributed by atoms with E-state index in [-0.39, 0.29) is 4.83 Å². The molecule has 1 heterocycles. The largest absolute Gasteiger partial charge is 0.496 e. The molecule has 0 N–H and O–H groups in total. The van der Waals surface area contributed by atoms with Gasteiger partial charge in [-0.15, -0.1) is 0 Å². The maximum Gasteiger partial charge on any atom is 0.123 e. The molecule has 1 aliphatic rings. The lowest BCUT2D eigenvalue weighted by Crippen LogP contribution is -2.16. The quantitative estimate of drug-likeness (QED) is 0.715. The number of ether oxygens (including phenoxy) is 2. The van der Waals surface area contributed by atoms with E-state index in [4.69, 9.17) is 9.47 Å². The summed E-state index contributed by atoms with van der Waals surface area (Å²) >= 11 is 7.42. The average molecular weight is 378 g/mol. The van der Waals surface area contributed by atoms with Gasteiger partial charge in [0.15, 0.2) is 0 Å². The molecular weight excluding hydrogens is 360 g/mol. The van der Waals surface area contributed by atoms with Crippen LogP contribution in [-0.2, 0) is 4.74 Å². The van der Waals surface area contributed by atoms with Crippen molar-refractivity contribution in [3.05, 3.63) is 27.7 Å². The Balaban J connectivity index is 2.34. The molecule has 0 amide bonds. The third-order valence-electron chi connectivity index (χ3n) is 3.62. The molecule has 1 aliphatic heterocycles. The predicted molar refractivity (Wildman–Crippen MR) is 80.6 cm³/mol. The Morgan fingerprint density at radius 2 is 2.17 bits per heavy atom. The van der Waals surface area contributed by atoms with Gasteiger partial charge in [-0.25, -0.2) is 0 Å². The van der Waals surface area contributed by atoms with E-state index in [2.05, 4.69) is 57.8 Å². The molecule has 1 saturated heterocycles. The van der Waals surface area contributed by atoms with Crippen molar-refractivity contribution in [2.75, 3.05) is 13.7 Å². The van der Waals surface area contributed by atoms with Crippen molar-refractivity contribution < 1.29 is 9.47 Å². The fraction of sp³-hybridized carbons (Fsp3) is 0.571. The summed E-state index contributed by atoms with van der Waals surface area (Å²) < 4.78 is 12.3. The first-order valence-corrected chi connectivity index (χ1v) is 7.85. The number of halogens is 2. The molecule has 2 rings (SSSR count). The minimum Gasteiger partial charge on any atom is -0.496 e. The monoisotopic (exact) mass is 376 g/mol. The van der Waals surface area contributed by atoms with Crippen molar-refractivity contribution in [3.8, 4) is 5.75 Å². The van der Waals surface area contributed by atoms with Crippen LogP contribution in [-0.4, -0.2) is 19.8 Å². The number of rotatable bonds is 3. The van der Waals surface area contributed by atoms with E-state index in [1.54, 1.807) is 7.11 Å². The fourth-order valence-electron chi connectivity index (χ4n) is 2.43. The van der Waals surface area contributed by atoms with Crippen LogP contribution in [0, 0.1) is 12.8 Å². The topological polar surface area (TPSA) is 18.5 Å². The van der Waals surface area contributed by atoms with Crippen molar-refractivity contribution in [3.63, 3.8) is 0 Å². The van der Waals surface area contributed by atoms with Crippen molar-refractivity contribution in [1.29, 1.82) is 0 Å².